The van der Waals surface area contributed by atoms with E-state index in [0.29, 0.717) is 12.8 Å². The van der Waals surface area contributed by atoms with E-state index < -0.39 is 32.6 Å². The van der Waals surface area contributed by atoms with Crippen molar-refractivity contribution >= 4 is 16.2 Å². The monoisotopic (exact) mass is 265 g/mol. The summed E-state index contributed by atoms with van der Waals surface area (Å²) in [4.78, 5) is 11.5. The first-order chi connectivity index (χ1) is 7.46. The van der Waals surface area contributed by atoms with Gasteiger partial charge in [0.1, 0.15) is 10.9 Å². The average molecular weight is 265 g/mol. The lowest BCUT2D eigenvalue weighted by atomic mass is 10.2. The lowest BCUT2D eigenvalue weighted by Crippen LogP contribution is -2.49. The summed E-state index contributed by atoms with van der Waals surface area (Å²) in [6, 6.07) is 0. The zero-order valence-electron chi connectivity index (χ0n) is 10.5. The molecule has 0 aromatic carbocycles. The maximum Gasteiger partial charge on any atom is 0.408 e. The largest absolute Gasteiger partial charge is 0.444 e. The highest BCUT2D eigenvalue weighted by Crippen LogP contribution is 2.41. The van der Waals surface area contributed by atoms with Crippen LogP contribution in [0.2, 0.25) is 0 Å². The third kappa shape index (κ3) is 3.85. The molecule has 1 amide bonds. The number of ether oxygens (including phenoxy) is 1. The summed E-state index contributed by atoms with van der Waals surface area (Å²) >= 11 is 0. The number of hydrogen-bond acceptors (Lipinski definition) is 4. The van der Waals surface area contributed by atoms with Gasteiger partial charge in [0.05, 0.1) is 5.54 Å². The Morgan fingerprint density at radius 3 is 2.18 bits per heavy atom. The van der Waals surface area contributed by atoms with Crippen molar-refractivity contribution in [3.05, 3.63) is 0 Å². The first-order valence-corrected chi connectivity index (χ1v) is 6.94. The molecule has 1 saturated carbocycles. The molecule has 1 rings (SSSR count). The number of hydrogen-bond donors (Lipinski definition) is 2. The van der Waals surface area contributed by atoms with Crippen molar-refractivity contribution in [3.8, 4) is 0 Å². The van der Waals surface area contributed by atoms with Crippen LogP contribution in [0.15, 0.2) is 0 Å². The second-order valence-electron chi connectivity index (χ2n) is 5.44. The van der Waals surface area contributed by atoms with Gasteiger partial charge in [0, 0.05) is 0 Å². The first kappa shape index (κ1) is 14.2. The Labute approximate surface area is 101 Å². The van der Waals surface area contributed by atoms with Gasteiger partial charge in [0.15, 0.2) is 0 Å². The number of carbonyl (C=O) groups excluding carboxylic acids is 1. The third-order valence-electron chi connectivity index (χ3n) is 2.76. The Kier molecular flexibility index (Phi) is 3.46. The van der Waals surface area contributed by atoms with Crippen molar-refractivity contribution in [1.82, 2.24) is 5.32 Å². The Morgan fingerprint density at radius 1 is 1.41 bits per heavy atom. The zero-order valence-corrected chi connectivity index (χ0v) is 11.3. The maximum atomic E-state index is 11.5. The van der Waals surface area contributed by atoms with Crippen LogP contribution in [0.5, 0.6) is 0 Å². The van der Waals surface area contributed by atoms with Crippen molar-refractivity contribution in [3.63, 3.8) is 0 Å². The quantitative estimate of drug-likeness (QED) is 0.751. The highest BCUT2D eigenvalue weighted by Gasteiger charge is 2.54. The van der Waals surface area contributed by atoms with Gasteiger partial charge in [-0.2, -0.15) is 8.42 Å². The van der Waals surface area contributed by atoms with E-state index in [9.17, 15) is 13.2 Å². The van der Waals surface area contributed by atoms with Crippen molar-refractivity contribution < 1.29 is 22.5 Å². The van der Waals surface area contributed by atoms with Gasteiger partial charge in [-0.15, -0.1) is 0 Å². The number of rotatable bonds is 3. The lowest BCUT2D eigenvalue weighted by molar-refractivity contribution is 0.0496. The summed E-state index contributed by atoms with van der Waals surface area (Å²) in [5, 5.41) is 1.50. The van der Waals surface area contributed by atoms with Gasteiger partial charge >= 0.3 is 6.09 Å². The molecule has 0 bridgehead atoms. The van der Waals surface area contributed by atoms with Gasteiger partial charge < -0.3 is 10.1 Å². The fourth-order valence-electron chi connectivity index (χ4n) is 1.56. The fraction of sp³-hybridized carbons (Fsp3) is 0.900. The standard InChI is InChI=1S/C10H19NO5S/c1-7(17(13,14)15)10(5-6-10)11-8(12)16-9(2,3)4/h7H,5-6H2,1-4H3,(H,11,12)(H,13,14,15). The van der Waals surface area contributed by atoms with Crippen LogP contribution < -0.4 is 5.32 Å². The summed E-state index contributed by atoms with van der Waals surface area (Å²) in [6.45, 7) is 6.54. The van der Waals surface area contributed by atoms with E-state index in [2.05, 4.69) is 5.32 Å². The van der Waals surface area contributed by atoms with Gasteiger partial charge in [-0.25, -0.2) is 4.79 Å². The molecule has 0 aromatic rings. The van der Waals surface area contributed by atoms with E-state index in [1.807, 2.05) is 0 Å². The van der Waals surface area contributed by atoms with Crippen molar-refractivity contribution in [1.29, 1.82) is 0 Å². The van der Waals surface area contributed by atoms with E-state index in [-0.39, 0.29) is 0 Å². The summed E-state index contributed by atoms with van der Waals surface area (Å²) < 4.78 is 36.1. The second-order valence-corrected chi connectivity index (χ2v) is 7.18. The van der Waals surface area contributed by atoms with Gasteiger partial charge in [-0.05, 0) is 40.5 Å². The number of amides is 1. The van der Waals surface area contributed by atoms with Crippen LogP contribution in [0, 0.1) is 0 Å². The van der Waals surface area contributed by atoms with E-state index in [0.717, 1.165) is 0 Å². The molecule has 0 radical (unpaired) electrons. The Morgan fingerprint density at radius 2 is 1.88 bits per heavy atom. The van der Waals surface area contributed by atoms with E-state index in [4.69, 9.17) is 9.29 Å². The van der Waals surface area contributed by atoms with Gasteiger partial charge in [-0.1, -0.05) is 0 Å². The molecular weight excluding hydrogens is 246 g/mol. The molecule has 0 heterocycles. The number of carbonyl (C=O) groups is 1. The smallest absolute Gasteiger partial charge is 0.408 e. The predicted molar refractivity (Wildman–Crippen MR) is 62.3 cm³/mol. The highest BCUT2D eigenvalue weighted by atomic mass is 32.2. The fourth-order valence-corrected chi connectivity index (χ4v) is 2.42. The maximum absolute atomic E-state index is 11.5. The molecule has 1 aliphatic rings. The molecule has 1 atom stereocenters. The Hall–Kier alpha value is -0.820. The molecule has 0 aliphatic heterocycles. The minimum Gasteiger partial charge on any atom is -0.444 e. The molecule has 6 nitrogen and oxygen atoms in total. The summed E-state index contributed by atoms with van der Waals surface area (Å²) in [5.41, 5.74) is -1.52. The minimum atomic E-state index is -4.16. The van der Waals surface area contributed by atoms with Crippen LogP contribution in [0.25, 0.3) is 0 Å². The highest BCUT2D eigenvalue weighted by molar-refractivity contribution is 7.86. The van der Waals surface area contributed by atoms with Crippen molar-refractivity contribution in [2.24, 2.45) is 0 Å². The third-order valence-corrected chi connectivity index (χ3v) is 4.11. The van der Waals surface area contributed by atoms with E-state index in [1.54, 1.807) is 20.8 Å². The normalized spacial score (nSPS) is 20.5. The molecule has 100 valence electrons. The molecule has 0 saturated heterocycles. The molecule has 0 aromatic heterocycles. The Bertz CT molecular complexity index is 405. The van der Waals surface area contributed by atoms with Gasteiger partial charge in [-0.3, -0.25) is 4.55 Å². The Balaban J connectivity index is 2.66. The first-order valence-electron chi connectivity index (χ1n) is 5.44. The van der Waals surface area contributed by atoms with Crippen LogP contribution >= 0.6 is 0 Å². The van der Waals surface area contributed by atoms with Crippen LogP contribution in [0.4, 0.5) is 4.79 Å². The van der Waals surface area contributed by atoms with Crippen LogP contribution in [-0.2, 0) is 14.9 Å². The van der Waals surface area contributed by atoms with Crippen LogP contribution in [0.1, 0.15) is 40.5 Å². The van der Waals surface area contributed by atoms with Gasteiger partial charge in [0.25, 0.3) is 10.1 Å². The SMILES string of the molecule is CC(C1(NC(=O)OC(C)(C)C)CC1)S(=O)(=O)O. The number of nitrogens with one attached hydrogen (secondary N) is 1. The molecular formula is C10H19NO5S. The van der Waals surface area contributed by atoms with Crippen molar-refractivity contribution in [2.75, 3.05) is 0 Å². The molecule has 1 unspecified atom stereocenters. The lowest BCUT2D eigenvalue weighted by Gasteiger charge is -2.25. The van der Waals surface area contributed by atoms with Crippen LogP contribution in [0.3, 0.4) is 0 Å². The summed E-state index contributed by atoms with van der Waals surface area (Å²) in [6.07, 6.45) is 0.380. The second kappa shape index (κ2) is 4.13. The zero-order chi connectivity index (χ0) is 13.5. The van der Waals surface area contributed by atoms with Crippen LogP contribution in [-0.4, -0.2) is 35.5 Å². The molecule has 17 heavy (non-hydrogen) atoms. The average Bonchev–Trinajstić information content (AvgIpc) is 2.78. The summed E-state index contributed by atoms with van der Waals surface area (Å²) in [7, 11) is -4.16. The minimum absolute atomic E-state index is 0.521. The molecule has 7 heteroatoms. The van der Waals surface area contributed by atoms with Gasteiger partial charge in [0.2, 0.25) is 0 Å². The molecule has 2 N–H and O–H groups in total. The molecule has 0 spiro atoms. The van der Waals surface area contributed by atoms with E-state index in [1.165, 1.54) is 6.92 Å². The summed E-state index contributed by atoms with van der Waals surface area (Å²) in [5.74, 6) is 0. The molecule has 1 aliphatic carbocycles. The molecule has 1 fully saturated rings. The number of alkyl carbamates (subject to hydrolysis) is 1. The predicted octanol–water partition coefficient (Wildman–Crippen LogP) is 1.32. The van der Waals surface area contributed by atoms with Crippen molar-refractivity contribution in [2.45, 2.75) is 56.9 Å². The van der Waals surface area contributed by atoms with E-state index >= 15 is 0 Å². The topological polar surface area (TPSA) is 92.7 Å².